The summed E-state index contributed by atoms with van der Waals surface area (Å²) in [7, 11) is 1.29. The number of nitrogens with two attached hydrogens (primary N) is 1. The maximum absolute atomic E-state index is 10.7. The molecule has 0 spiro atoms. The lowest BCUT2D eigenvalue weighted by molar-refractivity contribution is -0.141. The van der Waals surface area contributed by atoms with Crippen LogP contribution in [0.15, 0.2) is 0 Å². The van der Waals surface area contributed by atoms with Crippen LogP contribution in [0.1, 0.15) is 19.8 Å². The maximum atomic E-state index is 10.7. The van der Waals surface area contributed by atoms with Gasteiger partial charge in [0.1, 0.15) is 0 Å². The van der Waals surface area contributed by atoms with Gasteiger partial charge in [0.2, 0.25) is 0 Å². The molecule has 2 atom stereocenters. The average molecular weight is 191 g/mol. The van der Waals surface area contributed by atoms with Crippen molar-refractivity contribution in [3.8, 4) is 0 Å². The molecule has 0 fully saturated rings. The fourth-order valence-electron chi connectivity index (χ4n) is 0.849. The van der Waals surface area contributed by atoms with Gasteiger partial charge in [-0.15, -0.1) is 0 Å². The molecule has 0 rings (SSSR count). The standard InChI is InChI=1S/C8H17NO4/c1-8(9,6(11)5-10)4-3-7(12)13-2/h6,10-11H,3-5,9H2,1-2H3. The van der Waals surface area contributed by atoms with Crippen LogP contribution in [0.5, 0.6) is 0 Å². The topological polar surface area (TPSA) is 92.8 Å². The van der Waals surface area contributed by atoms with E-state index in [0.29, 0.717) is 0 Å². The van der Waals surface area contributed by atoms with Gasteiger partial charge in [-0.1, -0.05) is 0 Å². The number of rotatable bonds is 5. The second-order valence-electron chi connectivity index (χ2n) is 3.28. The molecule has 0 saturated carbocycles. The van der Waals surface area contributed by atoms with Crippen molar-refractivity contribution >= 4 is 5.97 Å². The Morgan fingerprint density at radius 1 is 1.69 bits per heavy atom. The summed E-state index contributed by atoms with van der Waals surface area (Å²) < 4.78 is 4.42. The van der Waals surface area contributed by atoms with E-state index in [1.54, 1.807) is 6.92 Å². The Hall–Kier alpha value is -0.650. The molecular weight excluding hydrogens is 174 g/mol. The minimum Gasteiger partial charge on any atom is -0.469 e. The zero-order valence-electron chi connectivity index (χ0n) is 7.99. The second kappa shape index (κ2) is 5.16. The number of esters is 1. The number of ether oxygens (including phenoxy) is 1. The third-order valence-electron chi connectivity index (χ3n) is 2.03. The van der Waals surface area contributed by atoms with Crippen LogP contribution in [0.25, 0.3) is 0 Å². The molecule has 4 N–H and O–H groups in total. The van der Waals surface area contributed by atoms with E-state index in [2.05, 4.69) is 4.74 Å². The van der Waals surface area contributed by atoms with Crippen LogP contribution in [0.3, 0.4) is 0 Å². The van der Waals surface area contributed by atoms with E-state index in [4.69, 9.17) is 10.8 Å². The van der Waals surface area contributed by atoms with E-state index in [0.717, 1.165) is 0 Å². The van der Waals surface area contributed by atoms with Crippen LogP contribution in [0.4, 0.5) is 0 Å². The molecule has 78 valence electrons. The monoisotopic (exact) mass is 191 g/mol. The molecule has 0 radical (unpaired) electrons. The highest BCUT2D eigenvalue weighted by molar-refractivity contribution is 5.69. The van der Waals surface area contributed by atoms with Crippen LogP contribution in [0.2, 0.25) is 0 Å². The summed E-state index contributed by atoms with van der Waals surface area (Å²) in [6.45, 7) is 1.17. The van der Waals surface area contributed by atoms with Crippen molar-refractivity contribution in [2.24, 2.45) is 5.73 Å². The molecule has 0 aromatic carbocycles. The van der Waals surface area contributed by atoms with E-state index in [-0.39, 0.29) is 18.8 Å². The molecule has 5 nitrogen and oxygen atoms in total. The average Bonchev–Trinajstić information content (AvgIpc) is 2.12. The molecule has 2 unspecified atom stereocenters. The molecule has 0 aromatic rings. The fourth-order valence-corrected chi connectivity index (χ4v) is 0.849. The fraction of sp³-hybridized carbons (Fsp3) is 0.875. The van der Waals surface area contributed by atoms with Gasteiger partial charge < -0.3 is 20.7 Å². The number of aliphatic hydroxyl groups excluding tert-OH is 2. The predicted octanol–water partition coefficient (Wildman–Crippen LogP) is -0.990. The van der Waals surface area contributed by atoms with E-state index < -0.39 is 18.2 Å². The lowest BCUT2D eigenvalue weighted by atomic mass is 9.91. The van der Waals surface area contributed by atoms with Crippen molar-refractivity contribution in [3.63, 3.8) is 0 Å². The summed E-state index contributed by atoms with van der Waals surface area (Å²) in [5.74, 6) is -0.373. The first-order chi connectivity index (χ1) is 5.94. The van der Waals surface area contributed by atoms with E-state index in [1.807, 2.05) is 0 Å². The highest BCUT2D eigenvalue weighted by Crippen LogP contribution is 2.13. The Morgan fingerprint density at radius 2 is 2.23 bits per heavy atom. The minimum absolute atomic E-state index is 0.139. The molecular formula is C8H17NO4. The Morgan fingerprint density at radius 3 is 2.62 bits per heavy atom. The molecule has 0 saturated heterocycles. The second-order valence-corrected chi connectivity index (χ2v) is 3.28. The first-order valence-electron chi connectivity index (χ1n) is 4.08. The molecule has 0 aromatic heterocycles. The third-order valence-corrected chi connectivity index (χ3v) is 2.03. The number of carbonyl (C=O) groups is 1. The minimum atomic E-state index is -1.02. The lowest BCUT2D eigenvalue weighted by Crippen LogP contribution is -2.50. The number of methoxy groups -OCH3 is 1. The van der Waals surface area contributed by atoms with Crippen molar-refractivity contribution in [1.29, 1.82) is 0 Å². The van der Waals surface area contributed by atoms with Gasteiger partial charge in [-0.05, 0) is 13.3 Å². The quantitative estimate of drug-likeness (QED) is 0.485. The molecule has 0 aliphatic carbocycles. The molecule has 0 amide bonds. The number of aliphatic hydroxyl groups is 2. The number of hydrogen-bond donors (Lipinski definition) is 3. The summed E-state index contributed by atoms with van der Waals surface area (Å²) in [4.78, 5) is 10.7. The zero-order chi connectivity index (χ0) is 10.5. The van der Waals surface area contributed by atoms with Crippen LogP contribution in [-0.4, -0.2) is 41.5 Å². The van der Waals surface area contributed by atoms with E-state index in [1.165, 1.54) is 7.11 Å². The van der Waals surface area contributed by atoms with Crippen molar-refractivity contribution in [2.75, 3.05) is 13.7 Å². The number of carbonyl (C=O) groups excluding carboxylic acids is 1. The van der Waals surface area contributed by atoms with Gasteiger partial charge in [-0.3, -0.25) is 4.79 Å². The van der Waals surface area contributed by atoms with Crippen LogP contribution < -0.4 is 5.73 Å². The molecule has 0 heterocycles. The van der Waals surface area contributed by atoms with Crippen LogP contribution in [0, 0.1) is 0 Å². The summed E-state index contributed by atoms with van der Waals surface area (Å²) in [6.07, 6.45) is -0.598. The Bertz CT molecular complexity index is 170. The molecule has 5 heteroatoms. The largest absolute Gasteiger partial charge is 0.469 e. The molecule has 0 bridgehead atoms. The highest BCUT2D eigenvalue weighted by atomic mass is 16.5. The van der Waals surface area contributed by atoms with Crippen LogP contribution in [-0.2, 0) is 9.53 Å². The van der Waals surface area contributed by atoms with Crippen molar-refractivity contribution in [1.82, 2.24) is 0 Å². The SMILES string of the molecule is COC(=O)CCC(C)(N)C(O)CO. The smallest absolute Gasteiger partial charge is 0.305 e. The predicted molar refractivity (Wildman–Crippen MR) is 46.9 cm³/mol. The van der Waals surface area contributed by atoms with Gasteiger partial charge in [0.15, 0.2) is 0 Å². The maximum Gasteiger partial charge on any atom is 0.305 e. The summed E-state index contributed by atoms with van der Waals surface area (Å²) in [5, 5.41) is 17.9. The van der Waals surface area contributed by atoms with Crippen molar-refractivity contribution in [3.05, 3.63) is 0 Å². The Balaban J connectivity index is 3.95. The molecule has 13 heavy (non-hydrogen) atoms. The lowest BCUT2D eigenvalue weighted by Gasteiger charge is -2.28. The summed E-state index contributed by atoms with van der Waals surface area (Å²) in [6, 6.07) is 0. The van der Waals surface area contributed by atoms with Gasteiger partial charge >= 0.3 is 5.97 Å². The summed E-state index contributed by atoms with van der Waals surface area (Å²) in [5.41, 5.74) is 4.70. The highest BCUT2D eigenvalue weighted by Gasteiger charge is 2.28. The normalized spacial score (nSPS) is 17.6. The van der Waals surface area contributed by atoms with Gasteiger partial charge in [0.05, 0.1) is 19.8 Å². The van der Waals surface area contributed by atoms with Crippen LogP contribution >= 0.6 is 0 Å². The third kappa shape index (κ3) is 4.21. The van der Waals surface area contributed by atoms with Crippen molar-refractivity contribution in [2.45, 2.75) is 31.4 Å². The first kappa shape index (κ1) is 12.3. The van der Waals surface area contributed by atoms with E-state index in [9.17, 15) is 9.90 Å². The zero-order valence-corrected chi connectivity index (χ0v) is 7.99. The Labute approximate surface area is 77.5 Å². The van der Waals surface area contributed by atoms with Crippen molar-refractivity contribution < 1.29 is 19.7 Å². The van der Waals surface area contributed by atoms with E-state index >= 15 is 0 Å². The van der Waals surface area contributed by atoms with Gasteiger partial charge in [0.25, 0.3) is 0 Å². The molecule has 0 aliphatic rings. The van der Waals surface area contributed by atoms with Gasteiger partial charge in [-0.25, -0.2) is 0 Å². The number of hydrogen-bond acceptors (Lipinski definition) is 5. The van der Waals surface area contributed by atoms with Gasteiger partial charge in [-0.2, -0.15) is 0 Å². The summed E-state index contributed by atoms with van der Waals surface area (Å²) >= 11 is 0. The first-order valence-corrected chi connectivity index (χ1v) is 4.08. The molecule has 0 aliphatic heterocycles. The van der Waals surface area contributed by atoms with Gasteiger partial charge in [0, 0.05) is 12.0 Å². The Kier molecular flexibility index (Phi) is 4.90.